The van der Waals surface area contributed by atoms with E-state index in [9.17, 15) is 4.39 Å². The molecule has 0 amide bonds. The van der Waals surface area contributed by atoms with Gasteiger partial charge in [0.15, 0.2) is 5.11 Å². The lowest BCUT2D eigenvalue weighted by Gasteiger charge is -2.11. The summed E-state index contributed by atoms with van der Waals surface area (Å²) in [7, 11) is 0. The van der Waals surface area contributed by atoms with Crippen molar-refractivity contribution in [2.24, 2.45) is 0 Å². The molecule has 26 heavy (non-hydrogen) atoms. The largest absolute Gasteiger partial charge is 0.490 e. The van der Waals surface area contributed by atoms with Gasteiger partial charge < -0.3 is 15.4 Å². The van der Waals surface area contributed by atoms with Crippen LogP contribution in [-0.2, 0) is 5.75 Å². The number of halogens is 1. The first-order chi connectivity index (χ1) is 12.7. The molecule has 2 rings (SSSR count). The van der Waals surface area contributed by atoms with Gasteiger partial charge in [0.2, 0.25) is 0 Å². The van der Waals surface area contributed by atoms with Crippen molar-refractivity contribution >= 4 is 34.8 Å². The highest BCUT2D eigenvalue weighted by Crippen LogP contribution is 2.16. The predicted octanol–water partition coefficient (Wildman–Crippen LogP) is 5.00. The van der Waals surface area contributed by atoms with Crippen LogP contribution in [-0.4, -0.2) is 24.0 Å². The summed E-state index contributed by atoms with van der Waals surface area (Å²) in [6.45, 7) is 4.92. The summed E-state index contributed by atoms with van der Waals surface area (Å²) < 4.78 is 18.3. The van der Waals surface area contributed by atoms with Gasteiger partial charge in [0.05, 0.1) is 0 Å². The Morgan fingerprint density at radius 3 is 2.58 bits per heavy atom. The van der Waals surface area contributed by atoms with Crippen LogP contribution in [0.4, 0.5) is 10.1 Å². The Kier molecular flexibility index (Phi) is 9.00. The van der Waals surface area contributed by atoms with Crippen LogP contribution in [0.15, 0.2) is 61.2 Å². The summed E-state index contributed by atoms with van der Waals surface area (Å²) in [6.07, 6.45) is 2.71. The van der Waals surface area contributed by atoms with Crippen molar-refractivity contribution in [2.45, 2.75) is 12.2 Å². The van der Waals surface area contributed by atoms with Gasteiger partial charge in [-0.05, 0) is 66.4 Å². The molecule has 0 saturated heterocycles. The molecule has 2 aromatic carbocycles. The molecule has 0 atom stereocenters. The molecule has 0 aromatic heterocycles. The Morgan fingerprint density at radius 2 is 1.88 bits per heavy atom. The summed E-state index contributed by atoms with van der Waals surface area (Å²) in [5, 5.41) is 6.95. The van der Waals surface area contributed by atoms with E-state index in [4.69, 9.17) is 17.0 Å². The minimum Gasteiger partial charge on any atom is -0.490 e. The van der Waals surface area contributed by atoms with E-state index in [0.29, 0.717) is 11.7 Å². The van der Waals surface area contributed by atoms with Gasteiger partial charge >= 0.3 is 0 Å². The molecule has 0 spiro atoms. The molecule has 0 heterocycles. The van der Waals surface area contributed by atoms with Crippen LogP contribution in [0.2, 0.25) is 0 Å². The van der Waals surface area contributed by atoms with E-state index >= 15 is 0 Å². The van der Waals surface area contributed by atoms with E-state index in [0.717, 1.165) is 41.5 Å². The number of anilines is 1. The van der Waals surface area contributed by atoms with Gasteiger partial charge in [0.1, 0.15) is 18.2 Å². The third kappa shape index (κ3) is 7.89. The highest BCUT2D eigenvalue weighted by Gasteiger charge is 1.99. The van der Waals surface area contributed by atoms with Gasteiger partial charge in [-0.2, -0.15) is 11.8 Å². The quantitative estimate of drug-likeness (QED) is 0.339. The smallest absolute Gasteiger partial charge is 0.170 e. The summed E-state index contributed by atoms with van der Waals surface area (Å²) in [5.74, 6) is 2.52. The first-order valence-electron chi connectivity index (χ1n) is 8.38. The molecule has 138 valence electrons. The highest BCUT2D eigenvalue weighted by molar-refractivity contribution is 7.98. The lowest BCUT2D eigenvalue weighted by molar-refractivity contribution is 0.363. The average Bonchev–Trinajstić information content (AvgIpc) is 2.65. The maximum atomic E-state index is 12.8. The van der Waals surface area contributed by atoms with Crippen molar-refractivity contribution in [3.8, 4) is 5.75 Å². The topological polar surface area (TPSA) is 33.3 Å². The van der Waals surface area contributed by atoms with Crippen LogP contribution in [0, 0.1) is 5.82 Å². The average molecular weight is 391 g/mol. The Bertz CT molecular complexity index is 690. The lowest BCUT2D eigenvalue weighted by Crippen LogP contribution is -2.29. The van der Waals surface area contributed by atoms with E-state index in [1.807, 2.05) is 48.2 Å². The maximum absolute atomic E-state index is 12.8. The molecule has 0 saturated carbocycles. The van der Waals surface area contributed by atoms with Crippen molar-refractivity contribution in [2.75, 3.05) is 24.2 Å². The molecule has 0 unspecified atom stereocenters. The molecule has 0 bridgehead atoms. The van der Waals surface area contributed by atoms with Crippen LogP contribution < -0.4 is 15.4 Å². The van der Waals surface area contributed by atoms with Crippen LogP contribution in [0.3, 0.4) is 0 Å². The highest BCUT2D eigenvalue weighted by atomic mass is 32.2. The first-order valence-corrected chi connectivity index (χ1v) is 9.94. The minimum absolute atomic E-state index is 0.192. The number of hydrogen-bond acceptors (Lipinski definition) is 3. The van der Waals surface area contributed by atoms with Crippen molar-refractivity contribution < 1.29 is 9.13 Å². The molecular formula is C20H23FN2OS2. The second-order valence-corrected chi connectivity index (χ2v) is 7.05. The van der Waals surface area contributed by atoms with E-state index in [2.05, 4.69) is 17.2 Å². The summed E-state index contributed by atoms with van der Waals surface area (Å²) in [5.41, 5.74) is 2.06. The Labute approximate surface area is 164 Å². The molecule has 0 aliphatic carbocycles. The van der Waals surface area contributed by atoms with E-state index in [-0.39, 0.29) is 5.82 Å². The monoisotopic (exact) mass is 390 g/mol. The number of nitrogens with one attached hydrogen (secondary N) is 2. The number of benzene rings is 2. The Hall–Kier alpha value is -2.05. The second kappa shape index (κ2) is 11.5. The number of thiocarbonyl (C=S) groups is 1. The fraction of sp³-hybridized carbons (Fsp3) is 0.250. The van der Waals surface area contributed by atoms with E-state index in [1.165, 1.54) is 12.1 Å². The zero-order chi connectivity index (χ0) is 18.6. The van der Waals surface area contributed by atoms with Gasteiger partial charge in [-0.25, -0.2) is 4.39 Å². The number of hydrogen-bond donors (Lipinski definition) is 2. The number of ether oxygens (including phenoxy) is 1. The lowest BCUT2D eigenvalue weighted by atomic mass is 10.2. The van der Waals surface area contributed by atoms with Crippen LogP contribution >= 0.6 is 24.0 Å². The normalized spacial score (nSPS) is 10.2. The van der Waals surface area contributed by atoms with Crippen molar-refractivity contribution in [3.63, 3.8) is 0 Å². The maximum Gasteiger partial charge on any atom is 0.170 e. The summed E-state index contributed by atoms with van der Waals surface area (Å²) >= 11 is 7.13. The van der Waals surface area contributed by atoms with Gasteiger partial charge in [-0.3, -0.25) is 0 Å². The fourth-order valence-corrected chi connectivity index (χ4v) is 3.25. The van der Waals surface area contributed by atoms with Gasteiger partial charge in [-0.1, -0.05) is 24.8 Å². The molecule has 0 fully saturated rings. The van der Waals surface area contributed by atoms with E-state index in [1.54, 1.807) is 6.08 Å². The molecule has 3 nitrogen and oxygen atoms in total. The molecule has 0 radical (unpaired) electrons. The standard InChI is InChI=1S/C20H23FN2OS2/c1-2-13-24-19-10-8-18(9-11-19)23-20(25)22-12-3-14-26-15-16-4-6-17(21)7-5-16/h2,4-11H,1,3,12-15H2,(H2,22,23,25). The fourth-order valence-electron chi connectivity index (χ4n) is 2.11. The zero-order valence-corrected chi connectivity index (χ0v) is 16.2. The molecule has 0 aliphatic rings. The van der Waals surface area contributed by atoms with Crippen LogP contribution in [0.25, 0.3) is 0 Å². The van der Waals surface area contributed by atoms with E-state index < -0.39 is 0 Å². The Morgan fingerprint density at radius 1 is 1.15 bits per heavy atom. The second-order valence-electron chi connectivity index (χ2n) is 5.54. The summed E-state index contributed by atoms with van der Waals surface area (Å²) in [6, 6.07) is 14.3. The number of rotatable bonds is 10. The third-order valence-electron chi connectivity index (χ3n) is 3.41. The minimum atomic E-state index is -0.192. The number of thioether (sulfide) groups is 1. The van der Waals surface area contributed by atoms with Gasteiger partial charge in [0.25, 0.3) is 0 Å². The molecule has 6 heteroatoms. The van der Waals surface area contributed by atoms with Gasteiger partial charge in [-0.15, -0.1) is 0 Å². The van der Waals surface area contributed by atoms with Crippen molar-refractivity contribution in [1.29, 1.82) is 0 Å². The SMILES string of the molecule is C=CCOc1ccc(NC(=S)NCCCSCc2ccc(F)cc2)cc1. The molecule has 2 aromatic rings. The first kappa shape index (κ1) is 20.3. The molecule has 0 aliphatic heterocycles. The Balaban J connectivity index is 1.57. The van der Waals surface area contributed by atoms with Crippen molar-refractivity contribution in [1.82, 2.24) is 5.32 Å². The van der Waals surface area contributed by atoms with Gasteiger partial charge in [0, 0.05) is 18.0 Å². The summed E-state index contributed by atoms with van der Waals surface area (Å²) in [4.78, 5) is 0. The zero-order valence-electron chi connectivity index (χ0n) is 14.5. The van der Waals surface area contributed by atoms with Crippen LogP contribution in [0.1, 0.15) is 12.0 Å². The predicted molar refractivity (Wildman–Crippen MR) is 114 cm³/mol. The van der Waals surface area contributed by atoms with Crippen LogP contribution in [0.5, 0.6) is 5.75 Å². The van der Waals surface area contributed by atoms with Crippen molar-refractivity contribution in [3.05, 3.63) is 72.6 Å². The molecule has 2 N–H and O–H groups in total. The third-order valence-corrected chi connectivity index (χ3v) is 4.77. The molecular weight excluding hydrogens is 367 g/mol.